The molecule has 4 heteroatoms. The second-order valence-electron chi connectivity index (χ2n) is 4.46. The molecule has 1 aliphatic carbocycles. The molecule has 86 valence electrons. The summed E-state index contributed by atoms with van der Waals surface area (Å²) in [5.74, 6) is 0. The molecule has 0 aromatic heterocycles. The van der Waals surface area contributed by atoms with Crippen molar-refractivity contribution in [2.75, 3.05) is 13.2 Å². The third-order valence-electron chi connectivity index (χ3n) is 3.37. The van der Waals surface area contributed by atoms with E-state index in [0.29, 0.717) is 19.0 Å². The number of amides is 1. The van der Waals surface area contributed by atoms with Crippen molar-refractivity contribution in [3.63, 3.8) is 0 Å². The molecule has 0 spiro atoms. The Morgan fingerprint density at radius 1 is 1.33 bits per heavy atom. The first-order chi connectivity index (χ1) is 7.31. The van der Waals surface area contributed by atoms with E-state index >= 15 is 0 Å². The van der Waals surface area contributed by atoms with Crippen molar-refractivity contribution >= 4 is 6.09 Å². The van der Waals surface area contributed by atoms with Crippen LogP contribution in [0.15, 0.2) is 0 Å². The van der Waals surface area contributed by atoms with Gasteiger partial charge < -0.3 is 14.7 Å². The highest BCUT2D eigenvalue weighted by Gasteiger charge is 2.35. The summed E-state index contributed by atoms with van der Waals surface area (Å²) in [6.45, 7) is 0.764. The number of carbonyl (C=O) groups excluding carboxylic acids is 1. The van der Waals surface area contributed by atoms with E-state index in [2.05, 4.69) is 0 Å². The molecule has 1 unspecified atom stereocenters. The quantitative estimate of drug-likeness (QED) is 0.773. The molecule has 1 saturated heterocycles. The van der Waals surface area contributed by atoms with Crippen molar-refractivity contribution in [1.82, 2.24) is 4.90 Å². The highest BCUT2D eigenvalue weighted by molar-refractivity contribution is 5.70. The molecule has 0 bridgehead atoms. The minimum atomic E-state index is -0.180. The van der Waals surface area contributed by atoms with Gasteiger partial charge in [-0.05, 0) is 12.8 Å². The van der Waals surface area contributed by atoms with Crippen LogP contribution in [0.1, 0.15) is 38.5 Å². The summed E-state index contributed by atoms with van der Waals surface area (Å²) in [4.78, 5) is 13.4. The predicted molar refractivity (Wildman–Crippen MR) is 55.6 cm³/mol. The zero-order valence-corrected chi connectivity index (χ0v) is 9.02. The summed E-state index contributed by atoms with van der Waals surface area (Å²) in [5.41, 5.74) is 0. The first-order valence-electron chi connectivity index (χ1n) is 5.89. The van der Waals surface area contributed by atoms with Gasteiger partial charge in [-0.2, -0.15) is 0 Å². The van der Waals surface area contributed by atoms with Crippen molar-refractivity contribution in [3.05, 3.63) is 0 Å². The van der Waals surface area contributed by atoms with Crippen LogP contribution in [0.3, 0.4) is 0 Å². The third kappa shape index (κ3) is 2.43. The molecular weight excluding hydrogens is 194 g/mol. The minimum absolute atomic E-state index is 0.0931. The van der Waals surface area contributed by atoms with Crippen molar-refractivity contribution in [2.24, 2.45) is 0 Å². The van der Waals surface area contributed by atoms with E-state index in [1.54, 1.807) is 0 Å². The van der Waals surface area contributed by atoms with Crippen molar-refractivity contribution in [3.8, 4) is 0 Å². The second kappa shape index (κ2) is 4.84. The van der Waals surface area contributed by atoms with E-state index in [9.17, 15) is 4.79 Å². The van der Waals surface area contributed by atoms with Crippen LogP contribution in [-0.2, 0) is 4.74 Å². The Hall–Kier alpha value is -0.770. The van der Waals surface area contributed by atoms with Crippen LogP contribution in [0.5, 0.6) is 0 Å². The van der Waals surface area contributed by atoms with E-state index in [1.165, 1.54) is 19.3 Å². The number of nitrogens with zero attached hydrogens (tertiary/aromatic N) is 1. The minimum Gasteiger partial charge on any atom is -0.444 e. The van der Waals surface area contributed by atoms with Crippen LogP contribution in [-0.4, -0.2) is 41.4 Å². The number of aliphatic hydroxyl groups is 1. The number of hydrogen-bond acceptors (Lipinski definition) is 3. The van der Waals surface area contributed by atoms with Gasteiger partial charge in [0.1, 0.15) is 6.10 Å². The van der Waals surface area contributed by atoms with E-state index in [4.69, 9.17) is 9.84 Å². The Kier molecular flexibility index (Phi) is 3.46. The van der Waals surface area contributed by atoms with Crippen LogP contribution in [0.2, 0.25) is 0 Å². The highest BCUT2D eigenvalue weighted by atomic mass is 16.6. The fourth-order valence-corrected chi connectivity index (χ4v) is 2.53. The van der Waals surface area contributed by atoms with E-state index in [-0.39, 0.29) is 18.8 Å². The third-order valence-corrected chi connectivity index (χ3v) is 3.37. The lowest BCUT2D eigenvalue weighted by Crippen LogP contribution is -2.37. The number of cyclic esters (lactones) is 1. The van der Waals surface area contributed by atoms with Gasteiger partial charge in [-0.1, -0.05) is 19.3 Å². The number of aliphatic hydroxyl groups excluding tert-OH is 1. The molecule has 0 radical (unpaired) electrons. The van der Waals surface area contributed by atoms with Gasteiger partial charge in [0.2, 0.25) is 0 Å². The lowest BCUT2D eigenvalue weighted by atomic mass is 9.94. The van der Waals surface area contributed by atoms with E-state index < -0.39 is 0 Å². The smallest absolute Gasteiger partial charge is 0.410 e. The maximum atomic E-state index is 11.6. The fourth-order valence-electron chi connectivity index (χ4n) is 2.53. The van der Waals surface area contributed by atoms with Crippen LogP contribution in [0, 0.1) is 0 Å². The van der Waals surface area contributed by atoms with Gasteiger partial charge in [-0.15, -0.1) is 0 Å². The highest BCUT2D eigenvalue weighted by Crippen LogP contribution is 2.26. The van der Waals surface area contributed by atoms with Crippen LogP contribution in [0.4, 0.5) is 4.79 Å². The van der Waals surface area contributed by atoms with Crippen molar-refractivity contribution < 1.29 is 14.6 Å². The zero-order chi connectivity index (χ0) is 10.7. The maximum Gasteiger partial charge on any atom is 0.410 e. The summed E-state index contributed by atoms with van der Waals surface area (Å²) in [5, 5.41) is 8.80. The second-order valence-corrected chi connectivity index (χ2v) is 4.46. The van der Waals surface area contributed by atoms with E-state index in [1.807, 2.05) is 4.90 Å². The maximum absolute atomic E-state index is 11.6. The lowest BCUT2D eigenvalue weighted by Gasteiger charge is -2.28. The Bertz CT molecular complexity index is 226. The fraction of sp³-hybridized carbons (Fsp3) is 0.909. The first kappa shape index (κ1) is 10.7. The summed E-state index contributed by atoms with van der Waals surface area (Å²) >= 11 is 0. The number of carbonyl (C=O) groups is 1. The topological polar surface area (TPSA) is 49.8 Å². The van der Waals surface area contributed by atoms with Gasteiger partial charge in [0.05, 0.1) is 6.54 Å². The molecule has 2 aliphatic rings. The zero-order valence-electron chi connectivity index (χ0n) is 9.02. The Labute approximate surface area is 90.2 Å². The van der Waals surface area contributed by atoms with Gasteiger partial charge in [0.25, 0.3) is 0 Å². The predicted octanol–water partition coefficient (Wildman–Crippen LogP) is 1.52. The van der Waals surface area contributed by atoms with Crippen LogP contribution >= 0.6 is 0 Å². The number of hydrogen-bond donors (Lipinski definition) is 1. The Morgan fingerprint density at radius 2 is 2.07 bits per heavy atom. The molecule has 1 atom stereocenters. The van der Waals surface area contributed by atoms with Gasteiger partial charge in [0.15, 0.2) is 0 Å². The molecule has 1 aliphatic heterocycles. The molecule has 0 aromatic carbocycles. The molecular formula is C11H19NO3. The molecule has 2 rings (SSSR count). The summed E-state index contributed by atoms with van der Waals surface area (Å²) in [7, 11) is 0. The summed E-state index contributed by atoms with van der Waals surface area (Å²) < 4.78 is 5.19. The van der Waals surface area contributed by atoms with Crippen molar-refractivity contribution in [1.29, 1.82) is 0 Å². The average Bonchev–Trinajstić information content (AvgIpc) is 2.61. The molecule has 1 saturated carbocycles. The van der Waals surface area contributed by atoms with Crippen molar-refractivity contribution in [2.45, 2.75) is 50.7 Å². The largest absolute Gasteiger partial charge is 0.444 e. The first-order valence-corrected chi connectivity index (χ1v) is 5.89. The number of rotatable bonds is 3. The van der Waals surface area contributed by atoms with Gasteiger partial charge in [-0.3, -0.25) is 0 Å². The van der Waals surface area contributed by atoms with Gasteiger partial charge >= 0.3 is 6.09 Å². The Balaban J connectivity index is 1.89. The lowest BCUT2D eigenvalue weighted by molar-refractivity contribution is 0.113. The van der Waals surface area contributed by atoms with Gasteiger partial charge in [0, 0.05) is 19.1 Å². The standard InChI is InChI=1S/C11H19NO3/c13-7-6-10-8-12(11(14)15-10)9-4-2-1-3-5-9/h9-10,13H,1-8H2. The Morgan fingerprint density at radius 3 is 2.73 bits per heavy atom. The molecule has 1 heterocycles. The normalized spacial score (nSPS) is 28.2. The van der Waals surface area contributed by atoms with Gasteiger partial charge in [-0.25, -0.2) is 4.79 Å². The van der Waals surface area contributed by atoms with E-state index in [0.717, 1.165) is 12.8 Å². The van der Waals surface area contributed by atoms with Crippen LogP contribution in [0.25, 0.3) is 0 Å². The molecule has 1 amide bonds. The molecule has 0 aromatic rings. The molecule has 2 fully saturated rings. The SMILES string of the molecule is O=C1OC(CCO)CN1C1CCCCC1. The van der Waals surface area contributed by atoms with Crippen LogP contribution < -0.4 is 0 Å². The average molecular weight is 213 g/mol. The molecule has 15 heavy (non-hydrogen) atoms. The molecule has 1 N–H and O–H groups in total. The number of ether oxygens (including phenoxy) is 1. The summed E-state index contributed by atoms with van der Waals surface area (Å²) in [6.07, 6.45) is 6.25. The summed E-state index contributed by atoms with van der Waals surface area (Å²) in [6, 6.07) is 0.384. The molecule has 4 nitrogen and oxygen atoms in total. The monoisotopic (exact) mass is 213 g/mol.